The van der Waals surface area contributed by atoms with Crippen molar-refractivity contribution in [3.05, 3.63) is 61.6 Å². The number of benzene rings is 2. The number of rotatable bonds is 10. The van der Waals surface area contributed by atoms with E-state index in [4.69, 9.17) is 19.3 Å². The number of esters is 1. The van der Waals surface area contributed by atoms with Crippen LogP contribution in [-0.4, -0.2) is 52.3 Å². The molecule has 1 saturated heterocycles. The van der Waals surface area contributed by atoms with Crippen LogP contribution in [0.1, 0.15) is 42.3 Å². The molecule has 0 bridgehead atoms. The maximum Gasteiger partial charge on any atom is 0.335 e. The zero-order chi connectivity index (χ0) is 26.4. The fourth-order valence-corrected chi connectivity index (χ4v) is 4.81. The van der Waals surface area contributed by atoms with Gasteiger partial charge in [-0.15, -0.1) is 0 Å². The van der Waals surface area contributed by atoms with Gasteiger partial charge in [-0.2, -0.15) is 0 Å². The molecule has 0 aromatic heterocycles. The van der Waals surface area contributed by atoms with E-state index in [-0.39, 0.29) is 23.2 Å². The lowest BCUT2D eigenvalue weighted by Crippen LogP contribution is -2.35. The second-order valence-electron chi connectivity index (χ2n) is 7.86. The van der Waals surface area contributed by atoms with Crippen molar-refractivity contribution < 1.29 is 38.5 Å². The Morgan fingerprint density at radius 1 is 1.14 bits per heavy atom. The van der Waals surface area contributed by atoms with Crippen LogP contribution in [0.15, 0.2) is 41.3 Å². The highest BCUT2D eigenvalue weighted by Gasteiger charge is 2.37. The first-order valence-electron chi connectivity index (χ1n) is 10.9. The number of thioether (sulfide) groups is 1. The van der Waals surface area contributed by atoms with E-state index in [1.165, 1.54) is 12.1 Å². The number of carboxylic acids is 1. The third-order valence-corrected chi connectivity index (χ3v) is 6.45. The minimum absolute atomic E-state index is 0.183. The quantitative estimate of drug-likeness (QED) is 0.222. The predicted molar refractivity (Wildman–Crippen MR) is 142 cm³/mol. The van der Waals surface area contributed by atoms with Crippen molar-refractivity contribution in [3.8, 4) is 11.5 Å². The van der Waals surface area contributed by atoms with Crippen LogP contribution in [0, 0.1) is 3.57 Å². The van der Waals surface area contributed by atoms with Gasteiger partial charge in [0, 0.05) is 0 Å². The molecule has 1 fully saturated rings. The highest BCUT2D eigenvalue weighted by molar-refractivity contribution is 14.1. The van der Waals surface area contributed by atoms with Crippen LogP contribution in [0.5, 0.6) is 11.5 Å². The van der Waals surface area contributed by atoms with E-state index in [2.05, 4.69) is 22.6 Å². The van der Waals surface area contributed by atoms with Crippen LogP contribution in [0.25, 0.3) is 6.08 Å². The van der Waals surface area contributed by atoms with Gasteiger partial charge in [-0.05, 0) is 96.6 Å². The molecule has 0 spiro atoms. The van der Waals surface area contributed by atoms with Gasteiger partial charge in [0.1, 0.15) is 13.2 Å². The molecule has 0 aliphatic carbocycles. The maximum absolute atomic E-state index is 12.7. The van der Waals surface area contributed by atoms with Crippen molar-refractivity contribution in [1.82, 2.24) is 4.90 Å². The zero-order valence-corrected chi connectivity index (χ0v) is 22.8. The smallest absolute Gasteiger partial charge is 0.335 e. The summed E-state index contributed by atoms with van der Waals surface area (Å²) < 4.78 is 17.5. The monoisotopic (exact) mass is 625 g/mol. The number of imide groups is 1. The molecule has 0 radical (unpaired) electrons. The van der Waals surface area contributed by atoms with Crippen LogP contribution in [-0.2, 0) is 20.9 Å². The number of hydrogen-bond acceptors (Lipinski definition) is 8. The molecule has 11 heteroatoms. The first kappa shape index (κ1) is 27.5. The van der Waals surface area contributed by atoms with Crippen molar-refractivity contribution in [2.45, 2.75) is 33.5 Å². The topological polar surface area (TPSA) is 119 Å². The molecule has 1 N–H and O–H groups in total. The van der Waals surface area contributed by atoms with Gasteiger partial charge in [-0.3, -0.25) is 19.3 Å². The lowest BCUT2D eigenvalue weighted by molar-refractivity contribution is -0.149. The van der Waals surface area contributed by atoms with E-state index in [0.29, 0.717) is 27.2 Å². The Labute approximate surface area is 225 Å². The highest BCUT2D eigenvalue weighted by Crippen LogP contribution is 2.38. The number of amides is 2. The molecule has 0 unspecified atom stereocenters. The molecule has 2 aromatic rings. The summed E-state index contributed by atoms with van der Waals surface area (Å²) in [5.74, 6) is -1.26. The van der Waals surface area contributed by atoms with Crippen LogP contribution in [0.2, 0.25) is 0 Å². The lowest BCUT2D eigenvalue weighted by atomic mass is 10.1. The summed E-state index contributed by atoms with van der Waals surface area (Å²) in [6.07, 6.45) is 1.22. The first-order valence-corrected chi connectivity index (χ1v) is 12.8. The molecule has 190 valence electrons. The molecule has 0 atom stereocenters. The predicted octanol–water partition coefficient (Wildman–Crippen LogP) is 4.96. The summed E-state index contributed by atoms with van der Waals surface area (Å²) in [7, 11) is 0. The van der Waals surface area contributed by atoms with Crippen LogP contribution in [0.3, 0.4) is 0 Å². The third-order valence-electron chi connectivity index (χ3n) is 4.74. The van der Waals surface area contributed by atoms with Crippen molar-refractivity contribution in [1.29, 1.82) is 0 Å². The van der Waals surface area contributed by atoms with E-state index in [1.807, 2.05) is 6.92 Å². The summed E-state index contributed by atoms with van der Waals surface area (Å²) in [6.45, 7) is 5.33. The van der Waals surface area contributed by atoms with Gasteiger partial charge in [0.25, 0.3) is 11.1 Å². The molecular formula is C25H24INO8S. The minimum atomic E-state index is -1.00. The molecule has 2 aromatic carbocycles. The normalized spacial score (nSPS) is 14.5. The average Bonchev–Trinajstić information content (AvgIpc) is 3.05. The second-order valence-corrected chi connectivity index (χ2v) is 10.0. The maximum atomic E-state index is 12.7. The average molecular weight is 625 g/mol. The van der Waals surface area contributed by atoms with Gasteiger partial charge in [-0.25, -0.2) is 4.79 Å². The third kappa shape index (κ3) is 7.00. The number of hydrogen-bond donors (Lipinski definition) is 1. The molecule has 1 aliphatic heterocycles. The number of aromatic carboxylic acids is 1. The number of carbonyl (C=O) groups excluding carboxylic acids is 3. The number of nitrogens with zero attached hydrogens (tertiary/aromatic N) is 1. The number of carboxylic acid groups (broad SMARTS) is 1. The van der Waals surface area contributed by atoms with Crippen LogP contribution in [0.4, 0.5) is 4.79 Å². The lowest BCUT2D eigenvalue weighted by Gasteiger charge is -2.15. The van der Waals surface area contributed by atoms with Gasteiger partial charge < -0.3 is 19.3 Å². The highest BCUT2D eigenvalue weighted by atomic mass is 127. The molecule has 9 nitrogen and oxygen atoms in total. The molecular weight excluding hydrogens is 601 g/mol. The molecule has 2 amide bonds. The van der Waals surface area contributed by atoms with Crippen molar-refractivity contribution >= 4 is 63.5 Å². The summed E-state index contributed by atoms with van der Waals surface area (Å²) in [6, 6.07) is 9.86. The van der Waals surface area contributed by atoms with Crippen LogP contribution < -0.4 is 9.47 Å². The molecule has 1 heterocycles. The molecule has 1 aliphatic rings. The van der Waals surface area contributed by atoms with Crippen molar-refractivity contribution in [2.75, 3.05) is 13.2 Å². The Balaban J connectivity index is 1.79. The fourth-order valence-electron chi connectivity index (χ4n) is 3.19. The van der Waals surface area contributed by atoms with E-state index < -0.39 is 29.6 Å². The van der Waals surface area contributed by atoms with E-state index in [1.54, 1.807) is 44.2 Å². The minimum Gasteiger partial charge on any atom is -0.490 e. The van der Waals surface area contributed by atoms with Crippen molar-refractivity contribution in [3.63, 3.8) is 0 Å². The summed E-state index contributed by atoms with van der Waals surface area (Å²) in [4.78, 5) is 49.1. The fraction of sp³-hybridized carbons (Fsp3) is 0.280. The zero-order valence-electron chi connectivity index (χ0n) is 19.8. The standard InChI is InChI=1S/C25H24INO8S/c1-4-33-19-10-16(11-20-23(29)27(25(32)36-20)12-21(28)35-14(2)3)9-18(26)22(19)34-13-15-5-7-17(8-6-15)24(30)31/h5-11,14H,4,12-13H2,1-3H3,(H,30,31)/b20-11+. The Bertz CT molecular complexity index is 1210. The number of carbonyl (C=O) groups is 4. The second kappa shape index (κ2) is 12.3. The summed E-state index contributed by atoms with van der Waals surface area (Å²) in [5, 5.41) is 8.50. The Morgan fingerprint density at radius 2 is 1.83 bits per heavy atom. The molecule has 0 saturated carbocycles. The number of ether oxygens (including phenoxy) is 3. The number of halogens is 1. The summed E-state index contributed by atoms with van der Waals surface area (Å²) >= 11 is 2.84. The Morgan fingerprint density at radius 3 is 2.44 bits per heavy atom. The first-order chi connectivity index (χ1) is 17.1. The molecule has 3 rings (SSSR count). The molecule has 36 heavy (non-hydrogen) atoms. The van der Waals surface area contributed by atoms with Gasteiger partial charge >= 0.3 is 11.9 Å². The van der Waals surface area contributed by atoms with E-state index in [0.717, 1.165) is 22.2 Å². The van der Waals surface area contributed by atoms with Gasteiger partial charge in [0.05, 0.1) is 26.7 Å². The van der Waals surface area contributed by atoms with Gasteiger partial charge in [-0.1, -0.05) is 12.1 Å². The van der Waals surface area contributed by atoms with E-state index in [9.17, 15) is 19.2 Å². The SMILES string of the molecule is CCOc1cc(/C=C2/SC(=O)N(CC(=O)OC(C)C)C2=O)cc(I)c1OCc1ccc(C(=O)O)cc1. The van der Waals surface area contributed by atoms with Gasteiger partial charge in [0.2, 0.25) is 0 Å². The van der Waals surface area contributed by atoms with Crippen molar-refractivity contribution in [2.24, 2.45) is 0 Å². The van der Waals surface area contributed by atoms with E-state index >= 15 is 0 Å². The summed E-state index contributed by atoms with van der Waals surface area (Å²) in [5.41, 5.74) is 1.59. The van der Waals surface area contributed by atoms with Crippen LogP contribution >= 0.6 is 34.4 Å². The van der Waals surface area contributed by atoms with Gasteiger partial charge in [0.15, 0.2) is 11.5 Å². The Kier molecular flexibility index (Phi) is 9.37. The largest absolute Gasteiger partial charge is 0.490 e. The Hall–Kier alpha value is -3.06.